The van der Waals surface area contributed by atoms with Crippen LogP contribution < -0.4 is 10.5 Å². The van der Waals surface area contributed by atoms with E-state index in [0.717, 1.165) is 17.0 Å². The minimum absolute atomic E-state index is 0.0281. The number of hydrogen-bond acceptors (Lipinski definition) is 5. The van der Waals surface area contributed by atoms with E-state index in [1.807, 2.05) is 0 Å². The minimum Gasteiger partial charge on any atom is -0.443 e. The van der Waals surface area contributed by atoms with Crippen LogP contribution in [0.2, 0.25) is 0 Å². The highest BCUT2D eigenvalue weighted by Crippen LogP contribution is 2.25. The Kier molecular flexibility index (Phi) is 3.91. The maximum absolute atomic E-state index is 13.8. The number of carbonyl (C=O) groups is 1. The quantitative estimate of drug-likeness (QED) is 0.809. The lowest BCUT2D eigenvalue weighted by molar-refractivity contribution is 0.0589. The van der Waals surface area contributed by atoms with Gasteiger partial charge in [-0.3, -0.25) is 4.90 Å². The van der Waals surface area contributed by atoms with Crippen LogP contribution in [0.15, 0.2) is 21.3 Å². The Morgan fingerprint density at radius 3 is 2.59 bits per heavy atom. The van der Waals surface area contributed by atoms with Crippen LogP contribution in [-0.4, -0.2) is 23.7 Å². The average Bonchev–Trinajstić information content (AvgIpc) is 2.33. The molecule has 0 radical (unpaired) electrons. The van der Waals surface area contributed by atoms with Gasteiger partial charge in [0.25, 0.3) is 0 Å². The number of nitrogens with zero attached hydrogens (tertiary/aromatic N) is 2. The number of carbonyl (C=O) groups excluding carboxylic acids is 1. The SMILES string of the molecule is Cc1nc2cc(F)cc(N(C)C(=O)OC(C)(C)C)c2c(=O)o1. The van der Waals surface area contributed by atoms with Crippen molar-refractivity contribution in [1.29, 1.82) is 0 Å². The second-order valence-electron chi connectivity index (χ2n) is 5.88. The zero-order valence-corrected chi connectivity index (χ0v) is 13.1. The molecule has 0 fully saturated rings. The first-order valence-corrected chi connectivity index (χ1v) is 6.66. The first kappa shape index (κ1) is 15.9. The van der Waals surface area contributed by atoms with Gasteiger partial charge in [0.15, 0.2) is 5.89 Å². The molecule has 0 spiro atoms. The summed E-state index contributed by atoms with van der Waals surface area (Å²) in [5, 5.41) is 0.0281. The Balaban J connectivity index is 2.60. The van der Waals surface area contributed by atoms with Crippen LogP contribution in [0.5, 0.6) is 0 Å². The highest BCUT2D eigenvalue weighted by atomic mass is 19.1. The van der Waals surface area contributed by atoms with Gasteiger partial charge < -0.3 is 9.15 Å². The van der Waals surface area contributed by atoms with Crippen LogP contribution in [0.1, 0.15) is 26.7 Å². The molecular weight excluding hydrogens is 291 g/mol. The summed E-state index contributed by atoms with van der Waals surface area (Å²) in [5.41, 5.74) is -1.23. The fourth-order valence-electron chi connectivity index (χ4n) is 1.95. The summed E-state index contributed by atoms with van der Waals surface area (Å²) < 4.78 is 23.9. The number of aryl methyl sites for hydroxylation is 1. The van der Waals surface area contributed by atoms with Crippen molar-refractivity contribution in [2.45, 2.75) is 33.3 Å². The third kappa shape index (κ3) is 3.24. The molecule has 22 heavy (non-hydrogen) atoms. The van der Waals surface area contributed by atoms with Gasteiger partial charge in [0, 0.05) is 20.0 Å². The van der Waals surface area contributed by atoms with E-state index in [-0.39, 0.29) is 22.5 Å². The summed E-state index contributed by atoms with van der Waals surface area (Å²) >= 11 is 0. The smallest absolute Gasteiger partial charge is 0.414 e. The van der Waals surface area contributed by atoms with E-state index in [1.165, 1.54) is 14.0 Å². The molecule has 0 aliphatic heterocycles. The number of anilines is 1. The van der Waals surface area contributed by atoms with Gasteiger partial charge >= 0.3 is 11.7 Å². The molecule has 1 amide bonds. The largest absolute Gasteiger partial charge is 0.443 e. The highest BCUT2D eigenvalue weighted by Gasteiger charge is 2.24. The van der Waals surface area contributed by atoms with E-state index in [2.05, 4.69) is 4.98 Å². The van der Waals surface area contributed by atoms with Crippen molar-refractivity contribution >= 4 is 22.7 Å². The molecule has 2 rings (SSSR count). The van der Waals surface area contributed by atoms with E-state index in [1.54, 1.807) is 20.8 Å². The number of halogens is 1. The highest BCUT2D eigenvalue weighted by molar-refractivity contribution is 5.99. The maximum atomic E-state index is 13.8. The van der Waals surface area contributed by atoms with Gasteiger partial charge in [0.2, 0.25) is 0 Å². The Morgan fingerprint density at radius 1 is 1.36 bits per heavy atom. The first-order chi connectivity index (χ1) is 10.1. The zero-order valence-electron chi connectivity index (χ0n) is 13.1. The third-order valence-corrected chi connectivity index (χ3v) is 2.81. The number of amides is 1. The van der Waals surface area contributed by atoms with Gasteiger partial charge in [-0.05, 0) is 26.8 Å². The maximum Gasteiger partial charge on any atom is 0.414 e. The molecule has 0 aliphatic rings. The summed E-state index contributed by atoms with van der Waals surface area (Å²) in [5.74, 6) is -0.496. The van der Waals surface area contributed by atoms with Gasteiger partial charge in [-0.25, -0.2) is 19.0 Å². The summed E-state index contributed by atoms with van der Waals surface area (Å²) in [7, 11) is 1.39. The second kappa shape index (κ2) is 5.40. The van der Waals surface area contributed by atoms with Crippen LogP contribution in [-0.2, 0) is 4.74 Å². The Hall–Kier alpha value is -2.44. The molecular formula is C15H17FN2O4. The molecule has 0 unspecified atom stereocenters. The third-order valence-electron chi connectivity index (χ3n) is 2.81. The van der Waals surface area contributed by atoms with Crippen molar-refractivity contribution in [2.24, 2.45) is 0 Å². The van der Waals surface area contributed by atoms with Gasteiger partial charge in [-0.1, -0.05) is 0 Å². The molecule has 2 aromatic rings. The van der Waals surface area contributed by atoms with Crippen LogP contribution in [0.25, 0.3) is 10.9 Å². The van der Waals surface area contributed by atoms with Gasteiger partial charge in [0.1, 0.15) is 16.8 Å². The topological polar surface area (TPSA) is 72.6 Å². The number of benzene rings is 1. The molecule has 6 nitrogen and oxygen atoms in total. The molecule has 7 heteroatoms. The van der Waals surface area contributed by atoms with Gasteiger partial charge in [-0.15, -0.1) is 0 Å². The molecule has 0 saturated carbocycles. The van der Waals surface area contributed by atoms with Crippen molar-refractivity contribution in [3.63, 3.8) is 0 Å². The molecule has 0 N–H and O–H groups in total. The number of hydrogen-bond donors (Lipinski definition) is 0. The van der Waals surface area contributed by atoms with Crippen LogP contribution in [0.3, 0.4) is 0 Å². The molecule has 0 atom stereocenters. The monoisotopic (exact) mass is 308 g/mol. The fourth-order valence-corrected chi connectivity index (χ4v) is 1.95. The van der Waals surface area contributed by atoms with Gasteiger partial charge in [0.05, 0.1) is 11.2 Å². The molecule has 1 aromatic heterocycles. The zero-order chi connectivity index (χ0) is 16.7. The second-order valence-corrected chi connectivity index (χ2v) is 5.88. The predicted molar refractivity (Wildman–Crippen MR) is 79.6 cm³/mol. The summed E-state index contributed by atoms with van der Waals surface area (Å²) in [4.78, 5) is 29.2. The van der Waals surface area contributed by atoms with E-state index < -0.39 is 23.1 Å². The van der Waals surface area contributed by atoms with E-state index >= 15 is 0 Å². The van der Waals surface area contributed by atoms with Crippen molar-refractivity contribution in [3.8, 4) is 0 Å². The van der Waals surface area contributed by atoms with Crippen molar-refractivity contribution in [2.75, 3.05) is 11.9 Å². The lowest BCUT2D eigenvalue weighted by Crippen LogP contribution is -2.34. The first-order valence-electron chi connectivity index (χ1n) is 6.66. The van der Waals surface area contributed by atoms with Crippen molar-refractivity contribution in [3.05, 3.63) is 34.3 Å². The van der Waals surface area contributed by atoms with E-state index in [0.29, 0.717) is 0 Å². The normalized spacial score (nSPS) is 11.5. The average molecular weight is 308 g/mol. The molecule has 0 bridgehead atoms. The van der Waals surface area contributed by atoms with Crippen LogP contribution >= 0.6 is 0 Å². The van der Waals surface area contributed by atoms with Crippen molar-refractivity contribution < 1.29 is 18.3 Å². The number of aromatic nitrogens is 1. The van der Waals surface area contributed by atoms with Crippen molar-refractivity contribution in [1.82, 2.24) is 4.98 Å². The Labute approximate surface area is 126 Å². The van der Waals surface area contributed by atoms with Gasteiger partial charge in [-0.2, -0.15) is 0 Å². The standard InChI is InChI=1S/C15H17FN2O4/c1-8-17-10-6-9(16)7-11(12(10)13(19)21-8)18(5)14(20)22-15(2,3)4/h6-7H,1-5H3. The van der Waals surface area contributed by atoms with E-state index in [9.17, 15) is 14.0 Å². The Bertz CT molecular complexity index is 787. The molecule has 1 aromatic carbocycles. The number of rotatable bonds is 1. The lowest BCUT2D eigenvalue weighted by atomic mass is 10.2. The molecule has 1 heterocycles. The molecule has 0 aliphatic carbocycles. The van der Waals surface area contributed by atoms with Crippen LogP contribution in [0, 0.1) is 12.7 Å². The Morgan fingerprint density at radius 2 is 2.00 bits per heavy atom. The summed E-state index contributed by atoms with van der Waals surface area (Å²) in [6.45, 7) is 6.62. The molecule has 0 saturated heterocycles. The molecule has 118 valence electrons. The summed E-state index contributed by atoms with van der Waals surface area (Å²) in [6, 6.07) is 2.19. The van der Waals surface area contributed by atoms with E-state index in [4.69, 9.17) is 9.15 Å². The number of fused-ring (bicyclic) bond motifs is 1. The van der Waals surface area contributed by atoms with Crippen LogP contribution in [0.4, 0.5) is 14.9 Å². The predicted octanol–water partition coefficient (Wildman–Crippen LogP) is 3.01. The number of ether oxygens (including phenoxy) is 1. The fraction of sp³-hybridized carbons (Fsp3) is 0.400. The minimum atomic E-state index is -0.714. The summed E-state index contributed by atoms with van der Waals surface area (Å²) in [6.07, 6.45) is -0.709. The lowest BCUT2D eigenvalue weighted by Gasteiger charge is -2.25.